The van der Waals surface area contributed by atoms with Gasteiger partial charge < -0.3 is 14.2 Å². The molecule has 0 bridgehead atoms. The highest BCUT2D eigenvalue weighted by molar-refractivity contribution is 5.71. The number of carbonyl (C=O) groups excluding carboxylic acids is 3. The Labute approximate surface area is 368 Å². The van der Waals surface area contributed by atoms with Gasteiger partial charge in [0.25, 0.3) is 0 Å². The van der Waals surface area contributed by atoms with Crippen LogP contribution in [0.2, 0.25) is 0 Å². The van der Waals surface area contributed by atoms with E-state index in [-0.39, 0.29) is 31.1 Å². The van der Waals surface area contributed by atoms with Gasteiger partial charge in [-0.3, -0.25) is 14.4 Å². The molecule has 0 N–H and O–H groups in total. The Kier molecular flexibility index (Phi) is 46.2. The van der Waals surface area contributed by atoms with Gasteiger partial charge in [-0.15, -0.1) is 0 Å². The third-order valence-corrected chi connectivity index (χ3v) is 12.0. The van der Waals surface area contributed by atoms with Crippen LogP contribution in [0.15, 0.2) is 0 Å². The number of carbonyl (C=O) groups is 3. The maximum Gasteiger partial charge on any atom is 0.306 e. The first-order valence-corrected chi connectivity index (χ1v) is 26.4. The maximum absolute atomic E-state index is 12.8. The molecule has 1 atom stereocenters. The van der Waals surface area contributed by atoms with Gasteiger partial charge in [0.15, 0.2) is 6.10 Å². The van der Waals surface area contributed by atoms with Crippen molar-refractivity contribution in [1.29, 1.82) is 0 Å². The van der Waals surface area contributed by atoms with E-state index in [2.05, 4.69) is 27.7 Å². The molecule has 6 nitrogen and oxygen atoms in total. The molecule has 0 aliphatic heterocycles. The van der Waals surface area contributed by atoms with Crippen molar-refractivity contribution < 1.29 is 28.6 Å². The summed E-state index contributed by atoms with van der Waals surface area (Å²) in [4.78, 5) is 37.9. The van der Waals surface area contributed by atoms with E-state index < -0.39 is 6.10 Å². The summed E-state index contributed by atoms with van der Waals surface area (Å²) >= 11 is 0. The van der Waals surface area contributed by atoms with Crippen LogP contribution in [0.5, 0.6) is 0 Å². The minimum atomic E-state index is -0.760. The lowest BCUT2D eigenvalue weighted by Gasteiger charge is -2.18. The molecule has 0 unspecified atom stereocenters. The average Bonchev–Trinajstić information content (AvgIpc) is 3.22. The van der Waals surface area contributed by atoms with Gasteiger partial charge >= 0.3 is 17.9 Å². The summed E-state index contributed by atoms with van der Waals surface area (Å²) < 4.78 is 16.8. The molecule has 6 heteroatoms. The lowest BCUT2D eigenvalue weighted by molar-refractivity contribution is -0.167. The molecule has 0 aliphatic carbocycles. The smallest absolute Gasteiger partial charge is 0.306 e. The van der Waals surface area contributed by atoms with Crippen LogP contribution < -0.4 is 0 Å². The lowest BCUT2D eigenvalue weighted by atomic mass is 10.0. The summed E-state index contributed by atoms with van der Waals surface area (Å²) in [7, 11) is 0. The molecular formula is C53H102O6. The molecule has 0 aromatic carbocycles. The minimum absolute atomic E-state index is 0.0627. The molecule has 0 aromatic rings. The summed E-state index contributed by atoms with van der Waals surface area (Å²) in [6.07, 6.45) is 49.4. The fourth-order valence-corrected chi connectivity index (χ4v) is 8.04. The van der Waals surface area contributed by atoms with Gasteiger partial charge in [0.1, 0.15) is 13.2 Å². The number of rotatable bonds is 48. The zero-order chi connectivity index (χ0) is 43.1. The fourth-order valence-electron chi connectivity index (χ4n) is 8.04. The molecule has 0 rings (SSSR count). The first kappa shape index (κ1) is 57.4. The van der Waals surface area contributed by atoms with E-state index in [1.807, 2.05) is 0 Å². The van der Waals surface area contributed by atoms with Crippen LogP contribution in [0.1, 0.15) is 297 Å². The molecule has 0 saturated carbocycles. The number of ether oxygens (including phenoxy) is 3. The second kappa shape index (κ2) is 47.5. The largest absolute Gasteiger partial charge is 0.462 e. The number of hydrogen-bond donors (Lipinski definition) is 0. The molecule has 0 aromatic heterocycles. The van der Waals surface area contributed by atoms with Crippen LogP contribution >= 0.6 is 0 Å². The lowest BCUT2D eigenvalue weighted by Crippen LogP contribution is -2.30. The average molecular weight is 835 g/mol. The van der Waals surface area contributed by atoms with E-state index in [4.69, 9.17) is 14.2 Å². The molecule has 59 heavy (non-hydrogen) atoms. The molecule has 0 aliphatic rings. The summed E-state index contributed by atoms with van der Waals surface area (Å²) in [5.41, 5.74) is 0. The minimum Gasteiger partial charge on any atom is -0.462 e. The Balaban J connectivity index is 4.26. The quantitative estimate of drug-likeness (QED) is 0.0345. The van der Waals surface area contributed by atoms with Crippen molar-refractivity contribution in [3.8, 4) is 0 Å². The summed E-state index contributed by atoms with van der Waals surface area (Å²) in [5, 5.41) is 0. The first-order chi connectivity index (χ1) is 28.9. The van der Waals surface area contributed by atoms with E-state index in [1.165, 1.54) is 193 Å². The molecule has 0 fully saturated rings. The van der Waals surface area contributed by atoms with Crippen LogP contribution in [0.4, 0.5) is 0 Å². The van der Waals surface area contributed by atoms with Gasteiger partial charge in [-0.25, -0.2) is 0 Å². The van der Waals surface area contributed by atoms with E-state index in [1.54, 1.807) is 0 Å². The van der Waals surface area contributed by atoms with Gasteiger partial charge in [-0.1, -0.05) is 259 Å². The molecular weight excluding hydrogens is 733 g/mol. The number of hydrogen-bond acceptors (Lipinski definition) is 6. The number of unbranched alkanes of at least 4 members (excludes halogenated alkanes) is 35. The summed E-state index contributed by atoms with van der Waals surface area (Å²) in [6, 6.07) is 0. The summed E-state index contributed by atoms with van der Waals surface area (Å²) in [5.74, 6) is -0.0258. The first-order valence-electron chi connectivity index (χ1n) is 26.4. The Hall–Kier alpha value is -1.59. The van der Waals surface area contributed by atoms with Gasteiger partial charge in [0, 0.05) is 19.3 Å². The highest BCUT2D eigenvalue weighted by Crippen LogP contribution is 2.17. The van der Waals surface area contributed by atoms with Crippen molar-refractivity contribution in [2.24, 2.45) is 5.92 Å². The Bertz CT molecular complexity index is 887. The molecule has 0 radical (unpaired) electrons. The second-order valence-electron chi connectivity index (χ2n) is 18.6. The molecule has 0 heterocycles. The second-order valence-corrected chi connectivity index (χ2v) is 18.6. The predicted octanol–water partition coefficient (Wildman–Crippen LogP) is 17.1. The van der Waals surface area contributed by atoms with Crippen molar-refractivity contribution in [1.82, 2.24) is 0 Å². The Morgan fingerprint density at radius 1 is 0.322 bits per heavy atom. The zero-order valence-corrected chi connectivity index (χ0v) is 40.2. The highest BCUT2D eigenvalue weighted by Gasteiger charge is 2.19. The van der Waals surface area contributed by atoms with Gasteiger partial charge in [0.2, 0.25) is 0 Å². The molecule has 0 saturated heterocycles. The van der Waals surface area contributed by atoms with E-state index in [0.29, 0.717) is 19.3 Å². The van der Waals surface area contributed by atoms with Crippen LogP contribution in [-0.4, -0.2) is 37.2 Å². The van der Waals surface area contributed by atoms with Crippen molar-refractivity contribution in [3.63, 3.8) is 0 Å². The topological polar surface area (TPSA) is 78.9 Å². The Morgan fingerprint density at radius 3 is 0.831 bits per heavy atom. The van der Waals surface area contributed by atoms with Crippen molar-refractivity contribution >= 4 is 17.9 Å². The zero-order valence-electron chi connectivity index (χ0n) is 40.2. The van der Waals surface area contributed by atoms with E-state index >= 15 is 0 Å². The third-order valence-electron chi connectivity index (χ3n) is 12.0. The standard InChI is InChI=1S/C53H102O6/c1-5-7-9-11-13-15-17-18-19-20-21-22-24-28-32-36-40-44-51(54)57-47-50(59-53(56)46-42-38-34-30-23-16-14-12-10-8-6-2)48-58-52(55)45-41-37-33-29-26-25-27-31-35-39-43-49(3)4/h49-50H,5-48H2,1-4H3/t50-/m0/s1. The van der Waals surface area contributed by atoms with Crippen LogP contribution in [0.25, 0.3) is 0 Å². The summed E-state index contributed by atoms with van der Waals surface area (Å²) in [6.45, 7) is 9.01. The Morgan fingerprint density at radius 2 is 0.559 bits per heavy atom. The van der Waals surface area contributed by atoms with Gasteiger partial charge in [0.05, 0.1) is 0 Å². The van der Waals surface area contributed by atoms with Gasteiger partial charge in [-0.05, 0) is 25.2 Å². The van der Waals surface area contributed by atoms with Crippen LogP contribution in [0, 0.1) is 5.92 Å². The molecule has 0 spiro atoms. The van der Waals surface area contributed by atoms with Crippen LogP contribution in [-0.2, 0) is 28.6 Å². The monoisotopic (exact) mass is 835 g/mol. The van der Waals surface area contributed by atoms with Crippen molar-refractivity contribution in [2.45, 2.75) is 303 Å². The molecule has 0 amide bonds. The third kappa shape index (κ3) is 47.3. The maximum atomic E-state index is 12.8. The van der Waals surface area contributed by atoms with E-state index in [9.17, 15) is 14.4 Å². The predicted molar refractivity (Wildman–Crippen MR) is 252 cm³/mol. The fraction of sp³-hybridized carbons (Fsp3) is 0.943. The SMILES string of the molecule is CCCCCCCCCCCCCCCCCCCC(=O)OC[C@@H](COC(=O)CCCCCCCCCCCCC(C)C)OC(=O)CCCCCCCCCCCCC. The number of esters is 3. The molecule has 350 valence electrons. The van der Waals surface area contributed by atoms with Crippen molar-refractivity contribution in [2.75, 3.05) is 13.2 Å². The normalized spacial score (nSPS) is 11.9. The highest BCUT2D eigenvalue weighted by atomic mass is 16.6. The van der Waals surface area contributed by atoms with Gasteiger partial charge in [-0.2, -0.15) is 0 Å². The van der Waals surface area contributed by atoms with Crippen molar-refractivity contribution in [3.05, 3.63) is 0 Å². The van der Waals surface area contributed by atoms with Crippen LogP contribution in [0.3, 0.4) is 0 Å². The van der Waals surface area contributed by atoms with E-state index in [0.717, 1.165) is 63.7 Å².